The van der Waals surface area contributed by atoms with Crippen LogP contribution in [-0.2, 0) is 60.7 Å². The van der Waals surface area contributed by atoms with Gasteiger partial charge in [-0.1, -0.05) is 366 Å². The molecule has 1 heterocycles. The van der Waals surface area contributed by atoms with Gasteiger partial charge in [0.15, 0.2) is 0 Å². The lowest BCUT2D eigenvalue weighted by molar-refractivity contribution is -0.130. The predicted molar refractivity (Wildman–Crippen MR) is 540 cm³/mol. The number of unbranched alkanes of at least 4 members (excludes halogenated alkanes) is 5. The minimum Gasteiger partial charge on any atom is -0.379 e. The number of carbonyl (C=O) groups is 6. The first-order chi connectivity index (χ1) is 60.0. The molecule has 750 valence electrons. The van der Waals surface area contributed by atoms with E-state index in [0.717, 1.165) is 107 Å². The summed E-state index contributed by atoms with van der Waals surface area (Å²) in [5, 5.41) is 16.6. The molecule has 0 saturated heterocycles. The van der Waals surface area contributed by atoms with E-state index in [2.05, 4.69) is 179 Å². The number of nitrogens with two attached hydrogens (primary N) is 1. The summed E-state index contributed by atoms with van der Waals surface area (Å²) < 4.78 is 23.5. The number of ketones is 2. The lowest BCUT2D eigenvalue weighted by Gasteiger charge is -2.36. The lowest BCUT2D eigenvalue weighted by atomic mass is 9.70. The van der Waals surface area contributed by atoms with Gasteiger partial charge in [-0.2, -0.15) is 0 Å². The molecule has 0 radical (unpaired) electrons. The molecule has 1 aromatic heterocycles. The van der Waals surface area contributed by atoms with Crippen molar-refractivity contribution in [3.8, 4) is 0 Å². The van der Waals surface area contributed by atoms with Crippen LogP contribution in [0.5, 0.6) is 0 Å². The second-order valence-corrected chi connectivity index (χ2v) is 45.1. The summed E-state index contributed by atoms with van der Waals surface area (Å²) in [6, 6.07) is -0.787. The Morgan fingerprint density at radius 2 is 0.732 bits per heavy atom. The van der Waals surface area contributed by atoms with Crippen molar-refractivity contribution in [1.29, 1.82) is 0 Å². The average molecular weight is 1800 g/mol. The van der Waals surface area contributed by atoms with Gasteiger partial charge in [0, 0.05) is 69.3 Å². The Labute approximate surface area is 786 Å². The van der Waals surface area contributed by atoms with Crippen LogP contribution in [0.1, 0.15) is 450 Å². The molecule has 1 saturated carbocycles. The highest BCUT2D eigenvalue weighted by molar-refractivity contribution is 5.88. The van der Waals surface area contributed by atoms with Crippen LogP contribution in [-0.4, -0.2) is 122 Å². The number of amides is 4. The van der Waals surface area contributed by atoms with Gasteiger partial charge in [-0.3, -0.25) is 33.4 Å². The van der Waals surface area contributed by atoms with Gasteiger partial charge >= 0.3 is 0 Å². The van der Waals surface area contributed by atoms with E-state index in [4.69, 9.17) is 24.7 Å². The van der Waals surface area contributed by atoms with E-state index in [1.165, 1.54) is 193 Å². The number of ether oxygens (including phenoxy) is 4. The maximum atomic E-state index is 13.1. The van der Waals surface area contributed by atoms with Crippen molar-refractivity contribution in [1.82, 2.24) is 30.9 Å². The average Bonchev–Trinajstić information content (AvgIpc) is 1.86. The highest BCUT2D eigenvalue weighted by atomic mass is 16.5. The Hall–Kier alpha value is -3.80. The minimum absolute atomic E-state index is 0.0201. The molecule has 1 aromatic rings. The standard InChI is InChI=1S/C37H65N7O10.C30H62.C22H44.C21H44/c1-26(2)32(45)10-15-51-19-21-54-18-13-40-37(50)31(41-34(47)11-16-52-20-22-53-17-12-39-36(49)28(5)6)9-7-8-14-44-25-30(42-43-44)23-29(35(38)48)24-33(46)27(3)4;1-23(2)15-16-28(19-24(3)4)13-11-12-14-29(20-25(5)6)17-18-30(21-26(7)8)22-27(9)10;1-17(2)8-7-9-20-14-21(12-10-18(3)4)16-22(15-20)13-11-19(5)6;1-18(2)12-8-7-9-14-21(17-16-20(5)6)15-11-10-13-19(3)4/h25-29,31H,7-24H2,1-6H3,(H2,38,48)(H,39,49)(H,40,50)(H,41,47);23-30H,11-22H2,1-10H3;17-22H,7-16H2,1-6H3;18-21H,7-17H2,1-6H3. The number of carbonyl (C=O) groups excluding carboxylic acids is 6. The molecular weight excluding hydrogens is 1580 g/mol. The number of rotatable bonds is 76. The molecule has 1 aliphatic rings. The SMILES string of the molecule is CC(C)C(=O)CCOCCOCCNC(=O)C(CCCCn1cc(CC(CC(=O)C(C)C)C(N)=O)nn1)NC(=O)CCOCCOCCNC(=O)C(C)C.CC(C)CCC(CCCCC(CCC(CC(C)C)CC(C)C)CC(C)C)CC(C)C.CC(C)CCCC1CC(CCC(C)C)CC(CCC(C)C)C1.CC(C)CCCCCC(CCCCC(C)C)CCC(C)C. The third-order valence-electron chi connectivity index (χ3n) is 25.5. The molecule has 4 amide bonds. The molecule has 0 aliphatic heterocycles. The van der Waals surface area contributed by atoms with E-state index in [-0.39, 0.29) is 92.7 Å². The molecule has 1 aliphatic carbocycles. The topological polar surface area (TPSA) is 232 Å². The lowest BCUT2D eigenvalue weighted by Crippen LogP contribution is -2.47. The van der Waals surface area contributed by atoms with Crippen molar-refractivity contribution in [2.75, 3.05) is 65.9 Å². The maximum Gasteiger partial charge on any atom is 0.242 e. The number of Topliss-reactive ketones (excluding diaryl/α,β-unsaturated/α-hetero) is 2. The summed E-state index contributed by atoms with van der Waals surface area (Å²) in [7, 11) is 0. The van der Waals surface area contributed by atoms with Gasteiger partial charge < -0.3 is 40.6 Å². The van der Waals surface area contributed by atoms with E-state index < -0.39 is 17.9 Å². The minimum atomic E-state index is -0.787. The summed E-state index contributed by atoms with van der Waals surface area (Å²) in [6.07, 6.45) is 52.4. The zero-order valence-corrected chi connectivity index (χ0v) is 88.9. The van der Waals surface area contributed by atoms with Crippen LogP contribution in [0, 0.1) is 130 Å². The zero-order chi connectivity index (χ0) is 96.0. The van der Waals surface area contributed by atoms with Gasteiger partial charge in [-0.15, -0.1) is 5.10 Å². The van der Waals surface area contributed by atoms with Crippen LogP contribution < -0.4 is 21.7 Å². The van der Waals surface area contributed by atoms with Gasteiger partial charge in [-0.05, 0) is 171 Å². The van der Waals surface area contributed by atoms with Gasteiger partial charge in [0.1, 0.15) is 17.6 Å². The zero-order valence-electron chi connectivity index (χ0n) is 88.9. The van der Waals surface area contributed by atoms with Crippen LogP contribution in [0.25, 0.3) is 0 Å². The third kappa shape index (κ3) is 79.3. The highest BCUT2D eigenvalue weighted by Gasteiger charge is 2.30. The van der Waals surface area contributed by atoms with E-state index >= 15 is 0 Å². The maximum absolute atomic E-state index is 13.1. The number of aromatic nitrogens is 3. The molecule has 7 unspecified atom stereocenters. The van der Waals surface area contributed by atoms with Crippen LogP contribution in [0.3, 0.4) is 0 Å². The molecule has 17 heteroatoms. The fourth-order valence-electron chi connectivity index (χ4n) is 18.0. The fraction of sp³-hybridized carbons (Fsp3) is 0.927. The monoisotopic (exact) mass is 1790 g/mol. The van der Waals surface area contributed by atoms with Crippen molar-refractivity contribution in [2.45, 2.75) is 463 Å². The Balaban J connectivity index is 0. The van der Waals surface area contributed by atoms with Crippen LogP contribution >= 0.6 is 0 Å². The van der Waals surface area contributed by atoms with Crippen LogP contribution in [0.4, 0.5) is 0 Å². The molecule has 2 rings (SSSR count). The van der Waals surface area contributed by atoms with Crippen molar-refractivity contribution in [2.24, 2.45) is 136 Å². The smallest absolute Gasteiger partial charge is 0.242 e. The Morgan fingerprint density at radius 1 is 0.362 bits per heavy atom. The number of nitrogens with zero attached hydrogens (tertiary/aromatic N) is 3. The Bertz CT molecular complexity index is 2730. The third-order valence-corrected chi connectivity index (χ3v) is 25.5. The summed E-state index contributed by atoms with van der Waals surface area (Å²) in [4.78, 5) is 73.2. The van der Waals surface area contributed by atoms with Crippen molar-refractivity contribution >= 4 is 35.2 Å². The molecule has 127 heavy (non-hydrogen) atoms. The molecule has 0 spiro atoms. The van der Waals surface area contributed by atoms with Crippen molar-refractivity contribution < 1.29 is 47.7 Å². The first-order valence-electron chi connectivity index (χ1n) is 53.4. The quantitative estimate of drug-likeness (QED) is 0.0446. The van der Waals surface area contributed by atoms with Gasteiger partial charge in [-0.25, -0.2) is 0 Å². The van der Waals surface area contributed by atoms with E-state index in [1.54, 1.807) is 44.0 Å². The number of nitrogens with one attached hydrogen (secondary N) is 3. The Morgan fingerprint density at radius 3 is 1.17 bits per heavy atom. The molecule has 0 bridgehead atoms. The van der Waals surface area contributed by atoms with Crippen LogP contribution in [0.2, 0.25) is 0 Å². The first kappa shape index (κ1) is 125. The van der Waals surface area contributed by atoms with E-state index in [1.807, 2.05) is 27.7 Å². The highest BCUT2D eigenvalue weighted by Crippen LogP contribution is 2.42. The van der Waals surface area contributed by atoms with Gasteiger partial charge in [0.2, 0.25) is 23.6 Å². The molecule has 5 N–H and O–H groups in total. The second-order valence-electron chi connectivity index (χ2n) is 45.1. The fourth-order valence-corrected chi connectivity index (χ4v) is 18.0. The van der Waals surface area contributed by atoms with Gasteiger partial charge in [0.05, 0.1) is 64.5 Å². The summed E-state index contributed by atoms with van der Waals surface area (Å²) in [6.45, 7) is 66.9. The second kappa shape index (κ2) is 79.6. The number of hydrogen-bond acceptors (Lipinski definition) is 12. The number of hydrogen-bond donors (Lipinski definition) is 4. The molecule has 17 nitrogen and oxygen atoms in total. The Kier molecular flexibility index (Phi) is 78.5. The van der Waals surface area contributed by atoms with E-state index in [0.29, 0.717) is 77.5 Å². The molecule has 0 aromatic carbocycles. The van der Waals surface area contributed by atoms with Crippen molar-refractivity contribution in [3.05, 3.63) is 11.9 Å². The summed E-state index contributed by atoms with van der Waals surface area (Å²) in [5.74, 6) is 14.5. The number of aryl methyl sites for hydroxylation is 1. The van der Waals surface area contributed by atoms with Crippen molar-refractivity contribution in [3.63, 3.8) is 0 Å². The summed E-state index contributed by atoms with van der Waals surface area (Å²) in [5.41, 5.74) is 6.09. The molecule has 7 atom stereocenters. The summed E-state index contributed by atoms with van der Waals surface area (Å²) >= 11 is 0. The van der Waals surface area contributed by atoms with E-state index in [9.17, 15) is 28.8 Å². The van der Waals surface area contributed by atoms with Gasteiger partial charge in [0.25, 0.3) is 0 Å². The number of primary amides is 1. The molecular formula is C110H215N7O10. The first-order valence-corrected chi connectivity index (χ1v) is 53.4. The normalized spacial score (nSPS) is 15.6. The molecule has 1 fully saturated rings. The largest absolute Gasteiger partial charge is 0.379 e. The van der Waals surface area contributed by atoms with Crippen LogP contribution in [0.15, 0.2) is 6.20 Å². The predicted octanol–water partition coefficient (Wildman–Crippen LogP) is 27.5.